The SMILES string of the molecule is CCS(=O)(=O)CCCS(=O)(=O)c1nc2ccc(N)cc2o1. The molecule has 0 unspecified atom stereocenters. The minimum atomic E-state index is -3.75. The van der Waals surface area contributed by atoms with Crippen LogP contribution in [0, 0.1) is 0 Å². The third kappa shape index (κ3) is 3.73. The fraction of sp³-hybridized carbons (Fsp3) is 0.417. The van der Waals surface area contributed by atoms with Crippen LogP contribution in [0.15, 0.2) is 27.8 Å². The maximum Gasteiger partial charge on any atom is 0.316 e. The average molecular weight is 332 g/mol. The number of nitrogen functional groups attached to an aromatic ring is 1. The maximum absolute atomic E-state index is 12.1. The molecule has 0 aliphatic rings. The molecule has 1 aromatic heterocycles. The Bertz CT molecular complexity index is 853. The van der Waals surface area contributed by atoms with Gasteiger partial charge in [0, 0.05) is 17.5 Å². The van der Waals surface area contributed by atoms with Gasteiger partial charge >= 0.3 is 5.22 Å². The molecule has 1 heterocycles. The third-order valence-electron chi connectivity index (χ3n) is 2.97. The van der Waals surface area contributed by atoms with Crippen LogP contribution in [-0.2, 0) is 19.7 Å². The molecule has 21 heavy (non-hydrogen) atoms. The lowest BCUT2D eigenvalue weighted by Gasteiger charge is -2.01. The molecule has 0 fully saturated rings. The zero-order valence-corrected chi connectivity index (χ0v) is 13.1. The van der Waals surface area contributed by atoms with Gasteiger partial charge in [0.15, 0.2) is 5.58 Å². The van der Waals surface area contributed by atoms with Gasteiger partial charge in [-0.15, -0.1) is 0 Å². The van der Waals surface area contributed by atoms with Crippen LogP contribution < -0.4 is 5.73 Å². The van der Waals surface area contributed by atoms with E-state index in [-0.39, 0.29) is 29.3 Å². The van der Waals surface area contributed by atoms with Gasteiger partial charge in [-0.25, -0.2) is 16.8 Å². The number of hydrogen-bond donors (Lipinski definition) is 1. The van der Waals surface area contributed by atoms with E-state index in [2.05, 4.69) is 4.98 Å². The highest BCUT2D eigenvalue weighted by molar-refractivity contribution is 7.92. The zero-order valence-electron chi connectivity index (χ0n) is 11.4. The normalized spacial score (nSPS) is 12.8. The minimum absolute atomic E-state index is 0.00475. The van der Waals surface area contributed by atoms with E-state index in [1.54, 1.807) is 12.1 Å². The number of oxazole rings is 1. The van der Waals surface area contributed by atoms with E-state index in [0.29, 0.717) is 11.2 Å². The maximum atomic E-state index is 12.1. The molecular formula is C12H16N2O5S2. The van der Waals surface area contributed by atoms with Gasteiger partial charge in [0.25, 0.3) is 0 Å². The molecular weight excluding hydrogens is 316 g/mol. The van der Waals surface area contributed by atoms with Crippen LogP contribution in [0.3, 0.4) is 0 Å². The summed E-state index contributed by atoms with van der Waals surface area (Å²) in [6, 6.07) is 4.65. The number of fused-ring (bicyclic) bond motifs is 1. The summed E-state index contributed by atoms with van der Waals surface area (Å²) in [5.41, 5.74) is 6.70. The molecule has 0 aliphatic carbocycles. The Kier molecular flexibility index (Phi) is 4.24. The van der Waals surface area contributed by atoms with Crippen molar-refractivity contribution in [2.45, 2.75) is 18.6 Å². The summed E-state index contributed by atoms with van der Waals surface area (Å²) < 4.78 is 52.1. The fourth-order valence-electron chi connectivity index (χ4n) is 1.75. The lowest BCUT2D eigenvalue weighted by molar-refractivity contribution is 0.458. The van der Waals surface area contributed by atoms with Crippen LogP contribution in [0.25, 0.3) is 11.1 Å². The summed E-state index contributed by atoms with van der Waals surface area (Å²) in [6.07, 6.45) is 0.0133. The topological polar surface area (TPSA) is 120 Å². The second-order valence-corrected chi connectivity index (χ2v) is 9.08. The van der Waals surface area contributed by atoms with Crippen molar-refractivity contribution in [3.63, 3.8) is 0 Å². The van der Waals surface area contributed by atoms with Crippen LogP contribution in [-0.4, -0.2) is 39.1 Å². The monoisotopic (exact) mass is 332 g/mol. The summed E-state index contributed by atoms with van der Waals surface area (Å²) >= 11 is 0. The predicted molar refractivity (Wildman–Crippen MR) is 79.4 cm³/mol. The van der Waals surface area contributed by atoms with Gasteiger partial charge in [0.1, 0.15) is 15.4 Å². The van der Waals surface area contributed by atoms with Crippen molar-refractivity contribution in [2.24, 2.45) is 0 Å². The standard InChI is InChI=1S/C12H16N2O5S2/c1-2-20(15,16)6-3-7-21(17,18)12-14-10-5-4-9(13)8-11(10)19-12/h4-5,8H,2-3,6-7,13H2,1H3. The molecule has 0 aliphatic heterocycles. The van der Waals surface area contributed by atoms with Gasteiger partial charge in [-0.1, -0.05) is 6.92 Å². The van der Waals surface area contributed by atoms with E-state index < -0.39 is 24.9 Å². The van der Waals surface area contributed by atoms with Crippen LogP contribution in [0.5, 0.6) is 0 Å². The van der Waals surface area contributed by atoms with Gasteiger partial charge in [-0.2, -0.15) is 4.98 Å². The first kappa shape index (κ1) is 15.8. The number of anilines is 1. The smallest absolute Gasteiger partial charge is 0.316 e. The van der Waals surface area contributed by atoms with Gasteiger partial charge in [0.05, 0.1) is 11.5 Å². The van der Waals surface area contributed by atoms with Crippen molar-refractivity contribution in [3.05, 3.63) is 18.2 Å². The summed E-state index contributed by atoms with van der Waals surface area (Å²) in [5, 5.41) is -0.406. The molecule has 0 atom stereocenters. The number of benzene rings is 1. The van der Waals surface area contributed by atoms with E-state index in [0.717, 1.165) is 0 Å². The molecule has 0 radical (unpaired) electrons. The Morgan fingerprint density at radius 1 is 1.19 bits per heavy atom. The second-order valence-electron chi connectivity index (χ2n) is 4.62. The predicted octanol–water partition coefficient (Wildman–Crippen LogP) is 1.01. The number of sulfone groups is 2. The van der Waals surface area contributed by atoms with Gasteiger partial charge in [-0.3, -0.25) is 0 Å². The van der Waals surface area contributed by atoms with Crippen molar-refractivity contribution in [2.75, 3.05) is 23.0 Å². The van der Waals surface area contributed by atoms with E-state index in [1.165, 1.54) is 13.0 Å². The molecule has 0 spiro atoms. The Morgan fingerprint density at radius 3 is 2.57 bits per heavy atom. The molecule has 116 valence electrons. The second kappa shape index (κ2) is 5.64. The summed E-state index contributed by atoms with van der Waals surface area (Å²) in [7, 11) is -6.94. The highest BCUT2D eigenvalue weighted by Gasteiger charge is 2.22. The third-order valence-corrected chi connectivity index (χ3v) is 6.29. The lowest BCUT2D eigenvalue weighted by atomic mass is 10.3. The number of aromatic nitrogens is 1. The van der Waals surface area contributed by atoms with E-state index in [1.807, 2.05) is 0 Å². The molecule has 1 aromatic carbocycles. The molecule has 2 aromatic rings. The molecule has 0 bridgehead atoms. The first-order valence-corrected chi connectivity index (χ1v) is 9.80. The van der Waals surface area contributed by atoms with Gasteiger partial charge < -0.3 is 10.2 Å². The highest BCUT2D eigenvalue weighted by Crippen LogP contribution is 2.22. The number of hydrogen-bond acceptors (Lipinski definition) is 7. The Labute approximate surface area is 123 Å². The minimum Gasteiger partial charge on any atom is -0.428 e. The van der Waals surface area contributed by atoms with E-state index >= 15 is 0 Å². The van der Waals surface area contributed by atoms with Crippen LogP contribution >= 0.6 is 0 Å². The van der Waals surface area contributed by atoms with Crippen LogP contribution in [0.1, 0.15) is 13.3 Å². The lowest BCUT2D eigenvalue weighted by Crippen LogP contribution is -2.14. The average Bonchev–Trinajstić information content (AvgIpc) is 2.82. The Morgan fingerprint density at radius 2 is 1.90 bits per heavy atom. The molecule has 9 heteroatoms. The van der Waals surface area contributed by atoms with Crippen molar-refractivity contribution < 1.29 is 21.3 Å². The first-order valence-electron chi connectivity index (χ1n) is 6.33. The van der Waals surface area contributed by atoms with E-state index in [9.17, 15) is 16.8 Å². The summed E-state index contributed by atoms with van der Waals surface area (Å²) in [5.74, 6) is -0.500. The number of nitrogens with two attached hydrogens (primary N) is 1. The molecule has 2 N–H and O–H groups in total. The quantitative estimate of drug-likeness (QED) is 0.783. The number of rotatable bonds is 6. The largest absolute Gasteiger partial charge is 0.428 e. The molecule has 7 nitrogen and oxygen atoms in total. The van der Waals surface area contributed by atoms with E-state index in [4.69, 9.17) is 10.2 Å². The van der Waals surface area contributed by atoms with Gasteiger partial charge in [0.2, 0.25) is 9.84 Å². The van der Waals surface area contributed by atoms with Gasteiger partial charge in [-0.05, 0) is 18.6 Å². The number of nitrogens with zero attached hydrogens (tertiary/aromatic N) is 1. The fourth-order valence-corrected chi connectivity index (χ4v) is 3.96. The van der Waals surface area contributed by atoms with Crippen molar-refractivity contribution >= 4 is 36.5 Å². The highest BCUT2D eigenvalue weighted by atomic mass is 32.2. The molecule has 0 saturated carbocycles. The van der Waals surface area contributed by atoms with Crippen LogP contribution in [0.4, 0.5) is 5.69 Å². The van der Waals surface area contributed by atoms with Crippen molar-refractivity contribution in [1.29, 1.82) is 0 Å². The Hall–Kier alpha value is -1.61. The molecule has 0 amide bonds. The Balaban J connectivity index is 2.18. The zero-order chi connectivity index (χ0) is 15.7. The first-order chi connectivity index (χ1) is 9.73. The summed E-state index contributed by atoms with van der Waals surface area (Å²) in [4.78, 5) is 3.90. The van der Waals surface area contributed by atoms with Crippen LogP contribution in [0.2, 0.25) is 0 Å². The molecule has 0 saturated heterocycles. The summed E-state index contributed by atoms with van der Waals surface area (Å²) in [6.45, 7) is 1.52. The van der Waals surface area contributed by atoms with Crippen molar-refractivity contribution in [3.8, 4) is 0 Å². The molecule has 2 rings (SSSR count). The van der Waals surface area contributed by atoms with Crippen molar-refractivity contribution in [1.82, 2.24) is 4.98 Å².